The Labute approximate surface area is 267 Å². The summed E-state index contributed by atoms with van der Waals surface area (Å²) in [5.74, 6) is 1.33. The van der Waals surface area contributed by atoms with Gasteiger partial charge in [-0.1, -0.05) is 6.07 Å². The minimum atomic E-state index is -0.639. The number of anilines is 1. The fourth-order valence-electron chi connectivity index (χ4n) is 7.79. The van der Waals surface area contributed by atoms with Gasteiger partial charge < -0.3 is 24.0 Å². The van der Waals surface area contributed by atoms with E-state index in [1.807, 2.05) is 18.3 Å². The molecule has 5 aliphatic heterocycles. The smallest absolute Gasteiger partial charge is 0.255 e. The summed E-state index contributed by atoms with van der Waals surface area (Å²) in [6.45, 7) is 5.91. The summed E-state index contributed by atoms with van der Waals surface area (Å²) in [5, 5.41) is 3.38. The predicted molar refractivity (Wildman–Crippen MR) is 167 cm³/mol. The van der Waals surface area contributed by atoms with Crippen LogP contribution >= 0.6 is 0 Å². The van der Waals surface area contributed by atoms with Crippen molar-refractivity contribution < 1.29 is 28.6 Å². The molecule has 4 saturated heterocycles. The third kappa shape index (κ3) is 5.48. The quantitative estimate of drug-likeness (QED) is 0.372. The number of piperidine rings is 1. The Bertz CT molecular complexity index is 1690. The number of nitrogens with one attached hydrogen (secondary N) is 1. The van der Waals surface area contributed by atoms with Crippen molar-refractivity contribution in [3.8, 4) is 5.75 Å². The average molecular weight is 627 g/mol. The molecule has 0 spiro atoms. The second kappa shape index (κ2) is 11.9. The highest BCUT2D eigenvalue weighted by Crippen LogP contribution is 2.33. The molecule has 1 N–H and O–H groups in total. The Hall–Kier alpha value is -4.13. The van der Waals surface area contributed by atoms with Crippen molar-refractivity contribution in [2.45, 2.75) is 50.6 Å². The van der Waals surface area contributed by atoms with Gasteiger partial charge in [-0.25, -0.2) is 9.97 Å². The molecule has 5 aliphatic rings. The number of rotatable bonds is 8. The van der Waals surface area contributed by atoms with Gasteiger partial charge in [0.25, 0.3) is 5.91 Å². The van der Waals surface area contributed by atoms with Crippen molar-refractivity contribution in [1.82, 2.24) is 25.1 Å². The Morgan fingerprint density at radius 1 is 1.04 bits per heavy atom. The fraction of sp³-hybridized carbons (Fsp3) is 0.500. The summed E-state index contributed by atoms with van der Waals surface area (Å²) >= 11 is 0. The number of methoxy groups -OCH3 is 1. The number of benzene rings is 2. The number of carbonyl (C=O) groups is 3. The van der Waals surface area contributed by atoms with Gasteiger partial charge in [0, 0.05) is 88.4 Å². The molecule has 4 fully saturated rings. The standard InChI is InChI=1S/C34H38N6O6/c1-44-19-24-14-38(13-20-2-5-27-22(10-20)12-35-34(36-27)39-15-21-8-9-45-29(21)18-39)17-30(24)46-25-3-4-26-23(11-25)16-40(33(26)43)28-6-7-31(41)37-32(28)42/h2-5,10-12,21,24,28-30H,6-9,13-19H2,1H3,(H,37,41,42)/t21-,24-,28-,29+,30+/m0/s1. The average Bonchev–Trinajstić information content (AvgIpc) is 3.81. The van der Waals surface area contributed by atoms with Gasteiger partial charge in [-0.05, 0) is 54.3 Å². The van der Waals surface area contributed by atoms with Gasteiger partial charge in [-0.2, -0.15) is 0 Å². The number of likely N-dealkylation sites (tertiary alicyclic amines) is 1. The van der Waals surface area contributed by atoms with Gasteiger partial charge in [0.05, 0.1) is 18.2 Å². The molecular formula is C34H38N6O6. The first kappa shape index (κ1) is 29.3. The molecule has 1 aromatic heterocycles. The number of ether oxygens (including phenoxy) is 3. The lowest BCUT2D eigenvalue weighted by Gasteiger charge is -2.29. The van der Waals surface area contributed by atoms with Gasteiger partial charge in [0.15, 0.2) is 0 Å². The van der Waals surface area contributed by atoms with E-state index in [2.05, 4.69) is 33.3 Å². The summed E-state index contributed by atoms with van der Waals surface area (Å²) < 4.78 is 18.0. The Balaban J connectivity index is 0.922. The minimum Gasteiger partial charge on any atom is -0.489 e. The first-order valence-electron chi connectivity index (χ1n) is 16.2. The maximum absolute atomic E-state index is 13.1. The summed E-state index contributed by atoms with van der Waals surface area (Å²) in [6.07, 6.45) is 3.83. The van der Waals surface area contributed by atoms with Gasteiger partial charge in [-0.15, -0.1) is 0 Å². The Morgan fingerprint density at radius 2 is 1.96 bits per heavy atom. The minimum absolute atomic E-state index is 0.0865. The summed E-state index contributed by atoms with van der Waals surface area (Å²) in [6, 6.07) is 11.3. The van der Waals surface area contributed by atoms with E-state index in [0.29, 0.717) is 42.9 Å². The van der Waals surface area contributed by atoms with Gasteiger partial charge in [0.2, 0.25) is 17.8 Å². The van der Waals surface area contributed by atoms with Crippen LogP contribution in [-0.2, 0) is 32.2 Å². The molecule has 2 aromatic carbocycles. The highest BCUT2D eigenvalue weighted by atomic mass is 16.5. The van der Waals surface area contributed by atoms with Crippen molar-refractivity contribution >= 4 is 34.6 Å². The van der Waals surface area contributed by atoms with Gasteiger partial charge in [-0.3, -0.25) is 24.6 Å². The van der Waals surface area contributed by atoms with Crippen LogP contribution in [0.1, 0.15) is 40.7 Å². The van der Waals surface area contributed by atoms with E-state index in [9.17, 15) is 14.4 Å². The second-order valence-electron chi connectivity index (χ2n) is 13.2. The third-order valence-corrected chi connectivity index (χ3v) is 10.1. The molecule has 240 valence electrons. The van der Waals surface area contributed by atoms with E-state index in [1.54, 1.807) is 18.1 Å². The molecule has 8 rings (SSSR count). The topological polar surface area (TPSA) is 126 Å². The number of hydrogen-bond acceptors (Lipinski definition) is 10. The van der Waals surface area contributed by atoms with Crippen molar-refractivity contribution in [2.24, 2.45) is 11.8 Å². The van der Waals surface area contributed by atoms with Gasteiger partial charge >= 0.3 is 0 Å². The zero-order valence-corrected chi connectivity index (χ0v) is 25.9. The Morgan fingerprint density at radius 3 is 2.80 bits per heavy atom. The van der Waals surface area contributed by atoms with Crippen LogP contribution in [-0.4, -0.2) is 102 Å². The number of imide groups is 1. The second-order valence-corrected chi connectivity index (χ2v) is 13.2. The first-order chi connectivity index (χ1) is 22.4. The predicted octanol–water partition coefficient (Wildman–Crippen LogP) is 2.14. The maximum Gasteiger partial charge on any atom is 0.255 e. The molecule has 12 heteroatoms. The molecule has 0 bridgehead atoms. The van der Waals surface area contributed by atoms with Crippen molar-refractivity contribution in [2.75, 3.05) is 51.4 Å². The number of carbonyl (C=O) groups excluding carboxylic acids is 3. The molecule has 6 heterocycles. The molecule has 3 aromatic rings. The SMILES string of the molecule is COC[C@@H]1CN(Cc2ccc3nc(N4C[C@@H]5CCO[C@@H]5C4)ncc3c2)C[C@H]1Oc1ccc2c(c1)CN([C@H]1CCC(=O)NC1=O)C2=O. The van der Waals surface area contributed by atoms with E-state index < -0.39 is 11.9 Å². The van der Waals surface area contributed by atoms with Crippen molar-refractivity contribution in [1.29, 1.82) is 0 Å². The summed E-state index contributed by atoms with van der Waals surface area (Å²) in [4.78, 5) is 52.9. The first-order valence-corrected chi connectivity index (χ1v) is 16.2. The normalized spacial score (nSPS) is 27.8. The number of nitrogens with zero attached hydrogens (tertiary/aromatic N) is 5. The zero-order valence-electron chi connectivity index (χ0n) is 25.9. The molecule has 5 atom stereocenters. The van der Waals surface area contributed by atoms with E-state index in [4.69, 9.17) is 24.2 Å². The molecule has 46 heavy (non-hydrogen) atoms. The highest BCUT2D eigenvalue weighted by molar-refractivity contribution is 6.05. The molecular weight excluding hydrogens is 588 g/mol. The summed E-state index contributed by atoms with van der Waals surface area (Å²) in [5.41, 5.74) is 3.53. The van der Waals surface area contributed by atoms with Gasteiger partial charge in [0.1, 0.15) is 17.9 Å². The van der Waals surface area contributed by atoms with Crippen LogP contribution < -0.4 is 15.0 Å². The van der Waals surface area contributed by atoms with Crippen LogP contribution in [0.5, 0.6) is 5.75 Å². The molecule has 3 amide bonds. The maximum atomic E-state index is 13.1. The lowest BCUT2D eigenvalue weighted by molar-refractivity contribution is -0.136. The Kier molecular flexibility index (Phi) is 7.58. The van der Waals surface area contributed by atoms with E-state index >= 15 is 0 Å². The van der Waals surface area contributed by atoms with Crippen LogP contribution in [0.3, 0.4) is 0 Å². The van der Waals surface area contributed by atoms with Crippen molar-refractivity contribution in [3.05, 3.63) is 59.3 Å². The molecule has 0 saturated carbocycles. The lowest BCUT2D eigenvalue weighted by atomic mass is 10.0. The van der Waals surface area contributed by atoms with Crippen LogP contribution in [0.4, 0.5) is 5.95 Å². The lowest BCUT2D eigenvalue weighted by Crippen LogP contribution is -2.52. The summed E-state index contributed by atoms with van der Waals surface area (Å²) in [7, 11) is 1.71. The van der Waals surface area contributed by atoms with Crippen LogP contribution in [0.2, 0.25) is 0 Å². The number of hydrogen-bond donors (Lipinski definition) is 1. The van der Waals surface area contributed by atoms with E-state index in [0.717, 1.165) is 68.2 Å². The molecule has 12 nitrogen and oxygen atoms in total. The third-order valence-electron chi connectivity index (χ3n) is 10.1. The number of fused-ring (bicyclic) bond motifs is 3. The highest BCUT2D eigenvalue weighted by Gasteiger charge is 2.40. The zero-order chi connectivity index (χ0) is 31.4. The number of amides is 3. The van der Waals surface area contributed by atoms with E-state index in [-0.39, 0.29) is 30.3 Å². The largest absolute Gasteiger partial charge is 0.489 e. The fourth-order valence-corrected chi connectivity index (χ4v) is 7.79. The molecule has 0 unspecified atom stereocenters. The van der Waals surface area contributed by atoms with E-state index in [1.165, 1.54) is 5.56 Å². The molecule has 0 aliphatic carbocycles. The number of aromatic nitrogens is 2. The van der Waals surface area contributed by atoms with Crippen LogP contribution in [0.15, 0.2) is 42.6 Å². The monoisotopic (exact) mass is 626 g/mol. The van der Waals surface area contributed by atoms with Crippen LogP contribution in [0.25, 0.3) is 10.9 Å². The molecule has 0 radical (unpaired) electrons. The van der Waals surface area contributed by atoms with Crippen LogP contribution in [0, 0.1) is 11.8 Å². The van der Waals surface area contributed by atoms with Crippen molar-refractivity contribution in [3.63, 3.8) is 0 Å².